The zero-order valence-electron chi connectivity index (χ0n) is 14.2. The molecular formula is C20H30O2. The van der Waals surface area contributed by atoms with Crippen LogP contribution in [0.4, 0.5) is 0 Å². The molecule has 0 spiro atoms. The predicted molar refractivity (Wildman–Crippen MR) is 92.6 cm³/mol. The van der Waals surface area contributed by atoms with Gasteiger partial charge in [0.05, 0.1) is 0 Å². The lowest BCUT2D eigenvalue weighted by Crippen LogP contribution is -2.06. The van der Waals surface area contributed by atoms with E-state index in [9.17, 15) is 9.59 Å². The Balaban J connectivity index is 2.20. The molecule has 1 aromatic rings. The summed E-state index contributed by atoms with van der Waals surface area (Å²) in [4.78, 5) is 23.8. The van der Waals surface area contributed by atoms with E-state index in [1.165, 1.54) is 51.9 Å². The van der Waals surface area contributed by atoms with E-state index < -0.39 is 0 Å². The van der Waals surface area contributed by atoms with Gasteiger partial charge < -0.3 is 0 Å². The van der Waals surface area contributed by atoms with E-state index in [0.29, 0.717) is 17.5 Å². The predicted octanol–water partition coefficient (Wildman–Crippen LogP) is 5.99. The normalized spacial score (nSPS) is 10.6. The summed E-state index contributed by atoms with van der Waals surface area (Å²) in [5.74, 6) is 0.0739. The molecule has 2 nitrogen and oxygen atoms in total. The first-order valence-corrected chi connectivity index (χ1v) is 8.80. The average molecular weight is 302 g/mol. The highest BCUT2D eigenvalue weighted by Gasteiger charge is 2.13. The molecule has 0 fully saturated rings. The van der Waals surface area contributed by atoms with Crippen LogP contribution in [0.5, 0.6) is 0 Å². The molecule has 0 aromatic heterocycles. The van der Waals surface area contributed by atoms with Crippen molar-refractivity contribution in [1.82, 2.24) is 0 Å². The summed E-state index contributed by atoms with van der Waals surface area (Å²) in [5, 5.41) is 0. The fraction of sp³-hybridized carbons (Fsp3) is 0.600. The largest absolute Gasteiger partial charge is 0.294 e. The van der Waals surface area contributed by atoms with Gasteiger partial charge in [0.2, 0.25) is 0 Å². The Hall–Kier alpha value is -1.44. The quantitative estimate of drug-likeness (QED) is 0.351. The molecule has 2 heteroatoms. The summed E-state index contributed by atoms with van der Waals surface area (Å²) in [6.45, 7) is 3.76. The highest BCUT2D eigenvalue weighted by Crippen LogP contribution is 2.15. The van der Waals surface area contributed by atoms with Crippen LogP contribution in [-0.2, 0) is 0 Å². The van der Waals surface area contributed by atoms with Gasteiger partial charge in [-0.1, -0.05) is 82.6 Å². The molecule has 122 valence electrons. The van der Waals surface area contributed by atoms with Crippen molar-refractivity contribution in [3.8, 4) is 0 Å². The van der Waals surface area contributed by atoms with Gasteiger partial charge in [-0.25, -0.2) is 0 Å². The summed E-state index contributed by atoms with van der Waals surface area (Å²) < 4.78 is 0. The molecule has 1 rings (SSSR count). The Bertz CT molecular complexity index is 463. The molecule has 0 saturated carbocycles. The second kappa shape index (κ2) is 11.2. The lowest BCUT2D eigenvalue weighted by molar-refractivity contribution is 0.0959. The summed E-state index contributed by atoms with van der Waals surface area (Å²) in [7, 11) is 0. The van der Waals surface area contributed by atoms with Gasteiger partial charge in [-0.15, -0.1) is 0 Å². The zero-order chi connectivity index (χ0) is 16.2. The maximum absolute atomic E-state index is 12.2. The lowest BCUT2D eigenvalue weighted by Gasteiger charge is -2.06. The van der Waals surface area contributed by atoms with Gasteiger partial charge in [0.15, 0.2) is 11.6 Å². The van der Waals surface area contributed by atoms with E-state index in [2.05, 4.69) is 6.92 Å². The van der Waals surface area contributed by atoms with Crippen molar-refractivity contribution in [2.24, 2.45) is 0 Å². The number of benzene rings is 1. The molecular weight excluding hydrogens is 272 g/mol. The molecule has 0 aliphatic carbocycles. The summed E-state index contributed by atoms with van der Waals surface area (Å²) in [5.41, 5.74) is 1.15. The first-order valence-electron chi connectivity index (χ1n) is 8.80. The van der Waals surface area contributed by atoms with Crippen LogP contribution in [0.1, 0.15) is 98.8 Å². The van der Waals surface area contributed by atoms with Crippen molar-refractivity contribution >= 4 is 11.6 Å². The number of rotatable bonds is 12. The van der Waals surface area contributed by atoms with Crippen molar-refractivity contribution in [2.75, 3.05) is 0 Å². The first-order chi connectivity index (χ1) is 10.7. The van der Waals surface area contributed by atoms with E-state index >= 15 is 0 Å². The minimum atomic E-state index is -0.0315. The standard InChI is InChI=1S/C20H30O2/c1-3-4-5-6-7-8-9-10-11-16-20(22)19-15-13-12-14-18(19)17(2)21/h12-15H,3-11,16H2,1-2H3. The number of hydrogen-bond donors (Lipinski definition) is 0. The minimum Gasteiger partial charge on any atom is -0.294 e. The minimum absolute atomic E-state index is 0.0315. The second-order valence-electron chi connectivity index (χ2n) is 6.10. The summed E-state index contributed by atoms with van der Waals surface area (Å²) >= 11 is 0. The van der Waals surface area contributed by atoms with E-state index in [1.807, 2.05) is 12.1 Å². The fourth-order valence-electron chi connectivity index (χ4n) is 2.76. The molecule has 0 atom stereocenters. The third-order valence-corrected chi connectivity index (χ3v) is 4.11. The smallest absolute Gasteiger partial charge is 0.163 e. The fourth-order valence-corrected chi connectivity index (χ4v) is 2.76. The van der Waals surface area contributed by atoms with Crippen molar-refractivity contribution in [2.45, 2.75) is 78.1 Å². The summed E-state index contributed by atoms with van der Waals surface area (Å²) in [6, 6.07) is 7.15. The van der Waals surface area contributed by atoms with Crippen LogP contribution in [0.15, 0.2) is 24.3 Å². The Morgan fingerprint density at radius 3 is 1.82 bits per heavy atom. The number of unbranched alkanes of at least 4 members (excludes halogenated alkanes) is 8. The number of Topliss-reactive ketones (excluding diaryl/α,β-unsaturated/α-hetero) is 2. The third kappa shape index (κ3) is 7.02. The van der Waals surface area contributed by atoms with E-state index in [0.717, 1.165) is 12.8 Å². The third-order valence-electron chi connectivity index (χ3n) is 4.11. The van der Waals surface area contributed by atoms with Crippen LogP contribution in [0.25, 0.3) is 0 Å². The number of ketones is 2. The lowest BCUT2D eigenvalue weighted by atomic mass is 9.97. The van der Waals surface area contributed by atoms with E-state index in [1.54, 1.807) is 12.1 Å². The molecule has 0 aliphatic heterocycles. The average Bonchev–Trinajstić information content (AvgIpc) is 2.53. The van der Waals surface area contributed by atoms with Crippen molar-refractivity contribution < 1.29 is 9.59 Å². The number of carbonyl (C=O) groups excluding carboxylic acids is 2. The molecule has 0 bridgehead atoms. The Kier molecular flexibility index (Phi) is 9.45. The van der Waals surface area contributed by atoms with Crippen molar-refractivity contribution in [3.05, 3.63) is 35.4 Å². The van der Waals surface area contributed by atoms with Crippen LogP contribution >= 0.6 is 0 Å². The van der Waals surface area contributed by atoms with Crippen molar-refractivity contribution in [1.29, 1.82) is 0 Å². The monoisotopic (exact) mass is 302 g/mol. The second-order valence-corrected chi connectivity index (χ2v) is 6.10. The van der Waals surface area contributed by atoms with Crippen molar-refractivity contribution in [3.63, 3.8) is 0 Å². The molecule has 0 heterocycles. The van der Waals surface area contributed by atoms with Gasteiger partial charge >= 0.3 is 0 Å². The summed E-state index contributed by atoms with van der Waals surface area (Å²) in [6.07, 6.45) is 11.8. The Morgan fingerprint density at radius 1 is 0.773 bits per heavy atom. The molecule has 0 N–H and O–H groups in total. The molecule has 0 radical (unpaired) electrons. The zero-order valence-corrected chi connectivity index (χ0v) is 14.2. The van der Waals surface area contributed by atoms with Gasteiger partial charge in [-0.3, -0.25) is 9.59 Å². The maximum Gasteiger partial charge on any atom is 0.163 e. The number of hydrogen-bond acceptors (Lipinski definition) is 2. The van der Waals surface area contributed by atoms with Crippen LogP contribution in [0.3, 0.4) is 0 Å². The topological polar surface area (TPSA) is 34.1 Å². The SMILES string of the molecule is CCCCCCCCCCCC(=O)c1ccccc1C(C)=O. The Labute approximate surface area is 135 Å². The van der Waals surface area contributed by atoms with E-state index in [-0.39, 0.29) is 11.6 Å². The first kappa shape index (κ1) is 18.6. The van der Waals surface area contributed by atoms with Crippen LogP contribution < -0.4 is 0 Å². The van der Waals surface area contributed by atoms with Crippen LogP contribution in [0, 0.1) is 0 Å². The Morgan fingerprint density at radius 2 is 1.27 bits per heavy atom. The molecule has 1 aromatic carbocycles. The van der Waals surface area contributed by atoms with Crippen LogP contribution in [0.2, 0.25) is 0 Å². The molecule has 0 aliphatic rings. The van der Waals surface area contributed by atoms with Gasteiger partial charge in [0.25, 0.3) is 0 Å². The van der Waals surface area contributed by atoms with Gasteiger partial charge in [-0.05, 0) is 13.3 Å². The van der Waals surface area contributed by atoms with Crippen LogP contribution in [-0.4, -0.2) is 11.6 Å². The van der Waals surface area contributed by atoms with Gasteiger partial charge in [0, 0.05) is 17.5 Å². The highest BCUT2D eigenvalue weighted by atomic mass is 16.1. The molecule has 0 saturated heterocycles. The highest BCUT2D eigenvalue weighted by molar-refractivity contribution is 6.07. The van der Waals surface area contributed by atoms with E-state index in [4.69, 9.17) is 0 Å². The molecule has 0 unspecified atom stereocenters. The number of carbonyl (C=O) groups is 2. The molecule has 0 amide bonds. The van der Waals surface area contributed by atoms with Gasteiger partial charge in [0.1, 0.15) is 0 Å². The molecule has 22 heavy (non-hydrogen) atoms. The van der Waals surface area contributed by atoms with Gasteiger partial charge in [-0.2, -0.15) is 0 Å². The maximum atomic E-state index is 12.2.